The molecule has 1 saturated heterocycles. The average molecular weight is 352 g/mol. The summed E-state index contributed by atoms with van der Waals surface area (Å²) in [5.74, 6) is 1.28. The summed E-state index contributed by atoms with van der Waals surface area (Å²) >= 11 is 0. The smallest absolute Gasteiger partial charge is 0.0629 e. The van der Waals surface area contributed by atoms with Crippen LogP contribution < -0.4 is 5.32 Å². The molecule has 0 radical (unpaired) electrons. The molecule has 2 aromatic rings. The third-order valence-corrected chi connectivity index (χ3v) is 5.74. The first kappa shape index (κ1) is 19.1. The van der Waals surface area contributed by atoms with E-state index in [-0.39, 0.29) is 5.60 Å². The van der Waals surface area contributed by atoms with Crippen molar-refractivity contribution in [3.05, 3.63) is 71.8 Å². The highest BCUT2D eigenvalue weighted by Gasteiger charge is 2.33. The average Bonchev–Trinajstić information content (AvgIpc) is 2.65. The van der Waals surface area contributed by atoms with Gasteiger partial charge in [0.05, 0.1) is 5.60 Å². The Hall–Kier alpha value is -1.64. The zero-order valence-corrected chi connectivity index (χ0v) is 16.4. The van der Waals surface area contributed by atoms with Gasteiger partial charge in [-0.3, -0.25) is 0 Å². The molecule has 1 fully saturated rings. The number of nitrogens with one attached hydrogen (secondary N) is 1. The van der Waals surface area contributed by atoms with E-state index in [0.29, 0.717) is 17.9 Å². The molecule has 2 heteroatoms. The van der Waals surface area contributed by atoms with Crippen LogP contribution >= 0.6 is 0 Å². The Bertz CT molecular complexity index is 652. The third kappa shape index (κ3) is 5.18. The number of hydrogen-bond acceptors (Lipinski definition) is 2. The molecule has 0 aliphatic carbocycles. The van der Waals surface area contributed by atoms with Crippen LogP contribution in [0.2, 0.25) is 0 Å². The minimum Gasteiger partial charge on any atom is -0.376 e. The van der Waals surface area contributed by atoms with E-state index in [4.69, 9.17) is 4.74 Å². The van der Waals surface area contributed by atoms with Crippen LogP contribution in [0.5, 0.6) is 0 Å². The van der Waals surface area contributed by atoms with Crippen LogP contribution in [0.15, 0.2) is 60.7 Å². The lowest BCUT2D eigenvalue weighted by molar-refractivity contribution is -0.0772. The monoisotopic (exact) mass is 351 g/mol. The Kier molecular flexibility index (Phi) is 6.50. The van der Waals surface area contributed by atoms with Crippen LogP contribution in [-0.4, -0.2) is 18.8 Å². The van der Waals surface area contributed by atoms with Crippen LogP contribution in [0.3, 0.4) is 0 Å². The molecule has 0 unspecified atom stereocenters. The van der Waals surface area contributed by atoms with E-state index in [9.17, 15) is 0 Å². The number of benzene rings is 2. The van der Waals surface area contributed by atoms with Crippen molar-refractivity contribution in [1.82, 2.24) is 5.32 Å². The van der Waals surface area contributed by atoms with Crippen LogP contribution in [0.25, 0.3) is 0 Å². The van der Waals surface area contributed by atoms with Crippen LogP contribution in [0.4, 0.5) is 0 Å². The van der Waals surface area contributed by atoms with Gasteiger partial charge < -0.3 is 10.1 Å². The zero-order chi connectivity index (χ0) is 18.4. The summed E-state index contributed by atoms with van der Waals surface area (Å²) in [5, 5.41) is 3.73. The molecule has 1 N–H and O–H groups in total. The maximum Gasteiger partial charge on any atom is 0.0629 e. The van der Waals surface area contributed by atoms with E-state index in [1.807, 2.05) is 0 Å². The van der Waals surface area contributed by atoms with E-state index < -0.39 is 0 Å². The Labute approximate surface area is 159 Å². The third-order valence-electron chi connectivity index (χ3n) is 5.74. The van der Waals surface area contributed by atoms with Crippen molar-refractivity contribution in [3.8, 4) is 0 Å². The highest BCUT2D eigenvalue weighted by molar-refractivity contribution is 5.21. The molecule has 2 aromatic carbocycles. The Morgan fingerprint density at radius 2 is 1.62 bits per heavy atom. The summed E-state index contributed by atoms with van der Waals surface area (Å²) in [6.45, 7) is 8.64. The fourth-order valence-electron chi connectivity index (χ4n) is 4.31. The molecular weight excluding hydrogens is 318 g/mol. The van der Waals surface area contributed by atoms with E-state index in [1.54, 1.807) is 0 Å². The first-order valence-electron chi connectivity index (χ1n) is 10.0. The molecule has 140 valence electrons. The molecule has 0 saturated carbocycles. The predicted octanol–water partition coefficient (Wildman–Crippen LogP) is 5.72. The van der Waals surface area contributed by atoms with Gasteiger partial charge in [0.25, 0.3) is 0 Å². The van der Waals surface area contributed by atoms with E-state index in [0.717, 1.165) is 26.0 Å². The van der Waals surface area contributed by atoms with Gasteiger partial charge in [-0.05, 0) is 69.5 Å². The molecule has 1 aliphatic heterocycles. The Balaban J connectivity index is 1.64. The number of rotatable bonds is 7. The van der Waals surface area contributed by atoms with Crippen LogP contribution in [-0.2, 0) is 4.74 Å². The molecule has 2 nitrogen and oxygen atoms in total. The van der Waals surface area contributed by atoms with Crippen LogP contribution in [0, 0.1) is 5.92 Å². The van der Waals surface area contributed by atoms with Crippen molar-refractivity contribution < 1.29 is 4.74 Å². The summed E-state index contributed by atoms with van der Waals surface area (Å²) in [4.78, 5) is 0. The molecule has 0 aromatic heterocycles. The normalized spacial score (nSPS) is 21.9. The summed E-state index contributed by atoms with van der Waals surface area (Å²) in [7, 11) is 0. The minimum absolute atomic E-state index is 0.000700. The lowest BCUT2D eigenvalue weighted by Crippen LogP contribution is -2.37. The zero-order valence-electron chi connectivity index (χ0n) is 16.4. The molecule has 26 heavy (non-hydrogen) atoms. The largest absolute Gasteiger partial charge is 0.376 e. The molecule has 0 bridgehead atoms. The molecule has 1 aliphatic rings. The van der Waals surface area contributed by atoms with E-state index in [2.05, 4.69) is 86.8 Å². The fraction of sp³-hybridized carbons (Fsp3) is 0.500. The van der Waals surface area contributed by atoms with Gasteiger partial charge in [0.1, 0.15) is 0 Å². The molecular formula is C24H33NO. The highest BCUT2D eigenvalue weighted by Crippen LogP contribution is 2.39. The first-order valence-corrected chi connectivity index (χ1v) is 10.0. The molecule has 3 rings (SSSR count). The summed E-state index contributed by atoms with van der Waals surface area (Å²) in [6, 6.07) is 22.2. The number of hydrogen-bond donors (Lipinski definition) is 1. The second kappa shape index (κ2) is 8.83. The standard InChI is InChI=1S/C24H33NO/c1-19(20-10-6-4-7-11-20)25-16-14-23(21-12-8-5-9-13-21)22-15-17-26-24(2,3)18-22/h4-13,19,22-23,25H,14-18H2,1-3H3/t19-,22+,23+/m0/s1. The maximum atomic E-state index is 5.97. The van der Waals surface area contributed by atoms with Crippen molar-refractivity contribution in [2.75, 3.05) is 13.2 Å². The molecule has 3 atom stereocenters. The van der Waals surface area contributed by atoms with E-state index >= 15 is 0 Å². The maximum absolute atomic E-state index is 5.97. The van der Waals surface area contributed by atoms with Gasteiger partial charge >= 0.3 is 0 Å². The Morgan fingerprint density at radius 3 is 2.23 bits per heavy atom. The minimum atomic E-state index is 0.000700. The highest BCUT2D eigenvalue weighted by atomic mass is 16.5. The fourth-order valence-corrected chi connectivity index (χ4v) is 4.31. The van der Waals surface area contributed by atoms with Crippen LogP contribution in [0.1, 0.15) is 63.1 Å². The summed E-state index contributed by atoms with van der Waals surface area (Å²) in [5.41, 5.74) is 2.83. The predicted molar refractivity (Wildman–Crippen MR) is 109 cm³/mol. The van der Waals surface area contributed by atoms with Gasteiger partial charge in [-0.2, -0.15) is 0 Å². The van der Waals surface area contributed by atoms with Crippen molar-refractivity contribution >= 4 is 0 Å². The van der Waals surface area contributed by atoms with Gasteiger partial charge in [0, 0.05) is 12.6 Å². The van der Waals surface area contributed by atoms with Crippen molar-refractivity contribution in [2.45, 2.75) is 57.6 Å². The second-order valence-electron chi connectivity index (χ2n) is 8.25. The van der Waals surface area contributed by atoms with Gasteiger partial charge in [0.15, 0.2) is 0 Å². The SMILES string of the molecule is C[C@H](NCC[C@H](c1ccccc1)[C@@H]1CCOC(C)(C)C1)c1ccccc1. The van der Waals surface area contributed by atoms with Gasteiger partial charge in [-0.25, -0.2) is 0 Å². The molecule has 1 heterocycles. The van der Waals surface area contributed by atoms with Gasteiger partial charge in [0.2, 0.25) is 0 Å². The molecule has 0 amide bonds. The van der Waals surface area contributed by atoms with Gasteiger partial charge in [-0.15, -0.1) is 0 Å². The lowest BCUT2D eigenvalue weighted by Gasteiger charge is -2.39. The first-order chi connectivity index (χ1) is 12.6. The second-order valence-corrected chi connectivity index (χ2v) is 8.25. The van der Waals surface area contributed by atoms with E-state index in [1.165, 1.54) is 17.5 Å². The van der Waals surface area contributed by atoms with Crippen molar-refractivity contribution in [3.63, 3.8) is 0 Å². The van der Waals surface area contributed by atoms with Gasteiger partial charge in [-0.1, -0.05) is 60.7 Å². The lowest BCUT2D eigenvalue weighted by atomic mass is 9.75. The Morgan fingerprint density at radius 1 is 1.00 bits per heavy atom. The number of ether oxygens (including phenoxy) is 1. The van der Waals surface area contributed by atoms with Crippen molar-refractivity contribution in [1.29, 1.82) is 0 Å². The quantitative estimate of drug-likeness (QED) is 0.689. The summed E-state index contributed by atoms with van der Waals surface area (Å²) in [6.07, 6.45) is 3.47. The summed E-state index contributed by atoms with van der Waals surface area (Å²) < 4.78 is 5.97. The van der Waals surface area contributed by atoms with Crippen molar-refractivity contribution in [2.24, 2.45) is 5.92 Å². The molecule has 0 spiro atoms. The topological polar surface area (TPSA) is 21.3 Å².